The molecule has 2 unspecified atom stereocenters. The highest BCUT2D eigenvalue weighted by molar-refractivity contribution is 5.79. The van der Waals surface area contributed by atoms with Gasteiger partial charge in [0.15, 0.2) is 0 Å². The van der Waals surface area contributed by atoms with Crippen LogP contribution in [0, 0.1) is 0 Å². The van der Waals surface area contributed by atoms with Crippen LogP contribution in [0.3, 0.4) is 0 Å². The van der Waals surface area contributed by atoms with Crippen LogP contribution in [0.2, 0.25) is 0 Å². The maximum absolute atomic E-state index is 11.6. The van der Waals surface area contributed by atoms with Crippen molar-refractivity contribution in [3.8, 4) is 0 Å². The molecule has 0 spiro atoms. The lowest BCUT2D eigenvalue weighted by Gasteiger charge is -2.16. The number of amides is 1. The molecule has 1 aromatic rings. The van der Waals surface area contributed by atoms with Gasteiger partial charge in [-0.2, -0.15) is 5.10 Å². The van der Waals surface area contributed by atoms with Crippen LogP contribution >= 0.6 is 0 Å². The molecule has 1 aromatic heterocycles. The van der Waals surface area contributed by atoms with E-state index in [1.165, 1.54) is 17.3 Å². The third-order valence-electron chi connectivity index (χ3n) is 2.16. The Morgan fingerprint density at radius 2 is 2.33 bits per heavy atom. The molecule has 0 fully saturated rings. The van der Waals surface area contributed by atoms with Crippen LogP contribution in [-0.4, -0.2) is 38.4 Å². The fourth-order valence-electron chi connectivity index (χ4n) is 1.17. The molecule has 2 N–H and O–H groups in total. The molecule has 0 radical (unpaired) electrons. The zero-order chi connectivity index (χ0) is 11.3. The maximum Gasteiger partial charge on any atom is 0.244 e. The lowest BCUT2D eigenvalue weighted by molar-refractivity contribution is -0.124. The Morgan fingerprint density at radius 1 is 1.60 bits per heavy atom. The van der Waals surface area contributed by atoms with E-state index in [0.29, 0.717) is 6.42 Å². The number of aliphatic hydroxyl groups is 1. The number of carbonyl (C=O) groups is 1. The highest BCUT2D eigenvalue weighted by Gasteiger charge is 2.16. The number of hydrogen-bond donors (Lipinski definition) is 2. The lowest BCUT2D eigenvalue weighted by Crippen LogP contribution is -2.37. The first-order valence-electron chi connectivity index (χ1n) is 4.90. The van der Waals surface area contributed by atoms with Gasteiger partial charge in [-0.25, -0.2) is 9.67 Å². The number of carbonyl (C=O) groups excluding carboxylic acids is 1. The van der Waals surface area contributed by atoms with Crippen molar-refractivity contribution >= 4 is 5.91 Å². The van der Waals surface area contributed by atoms with Crippen LogP contribution in [0.15, 0.2) is 12.7 Å². The van der Waals surface area contributed by atoms with Crippen molar-refractivity contribution in [3.63, 3.8) is 0 Å². The Kier molecular flexibility index (Phi) is 4.23. The summed E-state index contributed by atoms with van der Waals surface area (Å²) in [5.74, 6) is -0.124. The fourth-order valence-corrected chi connectivity index (χ4v) is 1.17. The molecule has 6 nitrogen and oxygen atoms in total. The van der Waals surface area contributed by atoms with Gasteiger partial charge in [0.25, 0.3) is 0 Å². The van der Waals surface area contributed by atoms with Gasteiger partial charge in [-0.3, -0.25) is 4.79 Å². The van der Waals surface area contributed by atoms with E-state index in [2.05, 4.69) is 15.4 Å². The molecule has 2 atom stereocenters. The van der Waals surface area contributed by atoms with Gasteiger partial charge in [0, 0.05) is 12.6 Å². The summed E-state index contributed by atoms with van der Waals surface area (Å²) in [6.45, 7) is 3.66. The Hall–Kier alpha value is -1.43. The molecule has 0 bridgehead atoms. The van der Waals surface area contributed by atoms with E-state index in [1.807, 2.05) is 6.92 Å². The lowest BCUT2D eigenvalue weighted by atomic mass is 10.2. The monoisotopic (exact) mass is 212 g/mol. The normalized spacial score (nSPS) is 14.6. The van der Waals surface area contributed by atoms with Gasteiger partial charge in [0.1, 0.15) is 18.7 Å². The summed E-state index contributed by atoms with van der Waals surface area (Å²) in [6.07, 6.45) is 3.44. The summed E-state index contributed by atoms with van der Waals surface area (Å²) in [7, 11) is 0. The van der Waals surface area contributed by atoms with Crippen molar-refractivity contribution in [2.75, 3.05) is 6.61 Å². The molecular weight excluding hydrogens is 196 g/mol. The topological polar surface area (TPSA) is 80.0 Å². The van der Waals surface area contributed by atoms with Crippen LogP contribution in [0.1, 0.15) is 26.3 Å². The van der Waals surface area contributed by atoms with Crippen LogP contribution in [-0.2, 0) is 4.79 Å². The standard InChI is InChI=1S/C9H16N4O2/c1-7(3-4-14)12-9(15)8(2)13-6-10-5-11-13/h5-8,14H,3-4H2,1-2H3,(H,12,15). The van der Waals surface area contributed by atoms with E-state index >= 15 is 0 Å². The van der Waals surface area contributed by atoms with Gasteiger partial charge in [-0.1, -0.05) is 0 Å². The summed E-state index contributed by atoms with van der Waals surface area (Å²) in [5.41, 5.74) is 0. The number of rotatable bonds is 5. The predicted octanol–water partition coefficient (Wildman–Crippen LogP) is -0.274. The minimum Gasteiger partial charge on any atom is -0.396 e. The van der Waals surface area contributed by atoms with Crippen LogP contribution in [0.5, 0.6) is 0 Å². The minimum absolute atomic E-state index is 0.0338. The summed E-state index contributed by atoms with van der Waals surface area (Å²) in [4.78, 5) is 15.4. The van der Waals surface area contributed by atoms with E-state index in [9.17, 15) is 4.79 Å². The zero-order valence-corrected chi connectivity index (χ0v) is 8.92. The van der Waals surface area contributed by atoms with E-state index in [0.717, 1.165) is 0 Å². The molecule has 15 heavy (non-hydrogen) atoms. The Balaban J connectivity index is 2.47. The second kappa shape index (κ2) is 5.45. The van der Waals surface area contributed by atoms with E-state index in [1.54, 1.807) is 6.92 Å². The van der Waals surface area contributed by atoms with Crippen molar-refractivity contribution in [3.05, 3.63) is 12.7 Å². The number of nitrogens with zero attached hydrogens (tertiary/aromatic N) is 3. The fraction of sp³-hybridized carbons (Fsp3) is 0.667. The summed E-state index contributed by atoms with van der Waals surface area (Å²) < 4.78 is 1.49. The first-order chi connectivity index (χ1) is 7.15. The molecule has 0 saturated heterocycles. The van der Waals surface area contributed by atoms with Gasteiger partial charge in [-0.05, 0) is 20.3 Å². The average Bonchev–Trinajstić information content (AvgIpc) is 2.69. The molecule has 0 aliphatic carbocycles. The highest BCUT2D eigenvalue weighted by atomic mass is 16.3. The van der Waals surface area contributed by atoms with Gasteiger partial charge in [0.2, 0.25) is 5.91 Å². The second-order valence-electron chi connectivity index (χ2n) is 3.47. The van der Waals surface area contributed by atoms with E-state index < -0.39 is 0 Å². The van der Waals surface area contributed by atoms with Gasteiger partial charge >= 0.3 is 0 Å². The number of aliphatic hydroxyl groups excluding tert-OH is 1. The molecule has 0 saturated carbocycles. The average molecular weight is 212 g/mol. The first-order valence-corrected chi connectivity index (χ1v) is 4.90. The Labute approximate surface area is 88.3 Å². The molecule has 0 aliphatic rings. The number of nitrogens with one attached hydrogen (secondary N) is 1. The largest absolute Gasteiger partial charge is 0.396 e. The molecule has 1 rings (SSSR count). The quantitative estimate of drug-likeness (QED) is 0.704. The van der Waals surface area contributed by atoms with Crippen molar-refractivity contribution in [2.24, 2.45) is 0 Å². The molecule has 1 amide bonds. The third kappa shape index (κ3) is 3.32. The zero-order valence-electron chi connectivity index (χ0n) is 8.92. The molecular formula is C9H16N4O2. The van der Waals surface area contributed by atoms with Gasteiger partial charge in [-0.15, -0.1) is 0 Å². The van der Waals surface area contributed by atoms with Crippen molar-refractivity contribution < 1.29 is 9.90 Å². The predicted molar refractivity (Wildman–Crippen MR) is 54.0 cm³/mol. The number of hydrogen-bond acceptors (Lipinski definition) is 4. The third-order valence-corrected chi connectivity index (χ3v) is 2.16. The number of aromatic nitrogens is 3. The van der Waals surface area contributed by atoms with Crippen molar-refractivity contribution in [1.29, 1.82) is 0 Å². The van der Waals surface area contributed by atoms with Gasteiger partial charge in [0.05, 0.1) is 0 Å². The summed E-state index contributed by atoms with van der Waals surface area (Å²) >= 11 is 0. The molecule has 1 heterocycles. The molecule has 0 aliphatic heterocycles. The van der Waals surface area contributed by atoms with Crippen molar-refractivity contribution in [1.82, 2.24) is 20.1 Å². The van der Waals surface area contributed by atoms with Crippen LogP contribution < -0.4 is 5.32 Å². The maximum atomic E-state index is 11.6. The van der Waals surface area contributed by atoms with Gasteiger partial charge < -0.3 is 10.4 Å². The Morgan fingerprint density at radius 3 is 2.87 bits per heavy atom. The van der Waals surface area contributed by atoms with Crippen molar-refractivity contribution in [2.45, 2.75) is 32.4 Å². The SMILES string of the molecule is CC(CCO)NC(=O)C(C)n1cncn1. The summed E-state index contributed by atoms with van der Waals surface area (Å²) in [6, 6.07) is -0.415. The van der Waals surface area contributed by atoms with E-state index in [4.69, 9.17) is 5.11 Å². The van der Waals surface area contributed by atoms with Crippen LogP contribution in [0.25, 0.3) is 0 Å². The van der Waals surface area contributed by atoms with Crippen LogP contribution in [0.4, 0.5) is 0 Å². The smallest absolute Gasteiger partial charge is 0.244 e. The molecule has 0 aromatic carbocycles. The van der Waals surface area contributed by atoms with E-state index in [-0.39, 0.29) is 24.6 Å². The minimum atomic E-state index is -0.381. The molecule has 6 heteroatoms. The Bertz CT molecular complexity index is 299. The summed E-state index contributed by atoms with van der Waals surface area (Å²) in [5, 5.41) is 15.4. The second-order valence-corrected chi connectivity index (χ2v) is 3.47. The first kappa shape index (κ1) is 11.6. The highest BCUT2D eigenvalue weighted by Crippen LogP contribution is 2.02. The molecule has 84 valence electrons.